The molecule has 21 heavy (non-hydrogen) atoms. The van der Waals surface area contributed by atoms with E-state index in [-0.39, 0.29) is 5.03 Å². The molecule has 1 aliphatic rings. The van der Waals surface area contributed by atoms with Crippen LogP contribution in [0.3, 0.4) is 0 Å². The molecule has 1 atom stereocenters. The molecule has 0 aromatic carbocycles. The molecule has 1 unspecified atom stereocenters. The largest absolute Gasteiger partial charge is 0.383 e. The third-order valence-corrected chi connectivity index (χ3v) is 6.15. The average Bonchev–Trinajstić information content (AvgIpc) is 2.52. The summed E-state index contributed by atoms with van der Waals surface area (Å²) in [6.07, 6.45) is 5.95. The minimum Gasteiger partial charge on any atom is -0.383 e. The van der Waals surface area contributed by atoms with Gasteiger partial charge in [0.25, 0.3) is 10.0 Å². The first-order valence-electron chi connectivity index (χ1n) is 7.43. The van der Waals surface area contributed by atoms with Gasteiger partial charge in [0.05, 0.1) is 5.69 Å². The zero-order valence-electron chi connectivity index (χ0n) is 12.3. The molecular weight excluding hydrogens is 306 g/mol. The Morgan fingerprint density at radius 3 is 3.00 bits per heavy atom. The second-order valence-corrected chi connectivity index (χ2v) is 8.21. The number of nitrogens with zero attached hydrogens (tertiary/aromatic N) is 1. The summed E-state index contributed by atoms with van der Waals surface area (Å²) in [5.41, 5.74) is 0.572. The fourth-order valence-corrected chi connectivity index (χ4v) is 4.77. The van der Waals surface area contributed by atoms with Gasteiger partial charge >= 0.3 is 0 Å². The second kappa shape index (κ2) is 8.00. The standard InChI is InChI=1S/C14H23N3O2S2/c1-2-8-15-13-7-5-9-16-14(13)21(18,19)17-11-12-6-3-4-10-20-12/h5,7,9,12,15,17H,2-4,6,8,10-11H2,1H3. The number of rotatable bonds is 7. The van der Waals surface area contributed by atoms with Crippen LogP contribution >= 0.6 is 11.8 Å². The number of hydrogen-bond donors (Lipinski definition) is 2. The van der Waals surface area contributed by atoms with Gasteiger partial charge in [0.1, 0.15) is 0 Å². The predicted octanol–water partition coefficient (Wildman–Crippen LogP) is 2.47. The Kier molecular flexibility index (Phi) is 6.32. The Balaban J connectivity index is 2.04. The smallest absolute Gasteiger partial charge is 0.260 e. The van der Waals surface area contributed by atoms with E-state index in [0.717, 1.165) is 25.1 Å². The van der Waals surface area contributed by atoms with Gasteiger partial charge < -0.3 is 5.32 Å². The fourth-order valence-electron chi connectivity index (χ4n) is 2.24. The topological polar surface area (TPSA) is 71.1 Å². The highest BCUT2D eigenvalue weighted by atomic mass is 32.2. The molecule has 2 rings (SSSR count). The number of aromatic nitrogens is 1. The van der Waals surface area contributed by atoms with Crippen LogP contribution in [0.5, 0.6) is 0 Å². The van der Waals surface area contributed by atoms with Crippen LogP contribution in [0, 0.1) is 0 Å². The van der Waals surface area contributed by atoms with E-state index in [4.69, 9.17) is 0 Å². The molecule has 0 spiro atoms. The van der Waals surface area contributed by atoms with Crippen molar-refractivity contribution < 1.29 is 8.42 Å². The van der Waals surface area contributed by atoms with Crippen molar-refractivity contribution in [3.8, 4) is 0 Å². The van der Waals surface area contributed by atoms with Crippen molar-refractivity contribution in [1.29, 1.82) is 0 Å². The van der Waals surface area contributed by atoms with E-state index in [1.54, 1.807) is 12.1 Å². The molecular formula is C14H23N3O2S2. The van der Waals surface area contributed by atoms with Crippen molar-refractivity contribution in [1.82, 2.24) is 9.71 Å². The minimum atomic E-state index is -3.56. The van der Waals surface area contributed by atoms with Crippen molar-refractivity contribution in [3.05, 3.63) is 18.3 Å². The molecule has 1 aromatic rings. The summed E-state index contributed by atoms with van der Waals surface area (Å²) < 4.78 is 27.6. The molecule has 1 aliphatic heterocycles. The molecule has 7 heteroatoms. The van der Waals surface area contributed by atoms with Crippen molar-refractivity contribution in [2.24, 2.45) is 0 Å². The van der Waals surface area contributed by atoms with Gasteiger partial charge in [0.15, 0.2) is 5.03 Å². The predicted molar refractivity (Wildman–Crippen MR) is 88.3 cm³/mol. The molecule has 0 bridgehead atoms. The second-order valence-electron chi connectivity index (χ2n) is 5.12. The first-order valence-corrected chi connectivity index (χ1v) is 9.97. The summed E-state index contributed by atoms with van der Waals surface area (Å²) in [7, 11) is -3.56. The van der Waals surface area contributed by atoms with Crippen molar-refractivity contribution >= 4 is 27.5 Å². The minimum absolute atomic E-state index is 0.0965. The van der Waals surface area contributed by atoms with Crippen LogP contribution in [0.15, 0.2) is 23.4 Å². The van der Waals surface area contributed by atoms with Crippen LogP contribution in [0.4, 0.5) is 5.69 Å². The maximum atomic E-state index is 12.4. The Bertz CT molecular complexity index is 543. The fraction of sp³-hybridized carbons (Fsp3) is 0.643. The van der Waals surface area contributed by atoms with Gasteiger partial charge in [-0.05, 0) is 37.1 Å². The lowest BCUT2D eigenvalue weighted by atomic mass is 10.2. The number of thioether (sulfide) groups is 1. The van der Waals surface area contributed by atoms with Crippen LogP contribution in [0.1, 0.15) is 32.6 Å². The summed E-state index contributed by atoms with van der Waals surface area (Å²) in [6.45, 7) is 3.25. The Morgan fingerprint density at radius 2 is 2.29 bits per heavy atom. The lowest BCUT2D eigenvalue weighted by Gasteiger charge is -2.21. The number of anilines is 1. The van der Waals surface area contributed by atoms with Gasteiger partial charge in [-0.3, -0.25) is 0 Å². The molecule has 0 aliphatic carbocycles. The highest BCUT2D eigenvalue weighted by Gasteiger charge is 2.22. The molecule has 5 nitrogen and oxygen atoms in total. The third-order valence-electron chi connectivity index (χ3n) is 3.37. The van der Waals surface area contributed by atoms with E-state index in [1.165, 1.54) is 19.0 Å². The molecule has 2 N–H and O–H groups in total. The highest BCUT2D eigenvalue weighted by molar-refractivity contribution is 8.00. The van der Waals surface area contributed by atoms with Gasteiger partial charge in [0.2, 0.25) is 0 Å². The molecule has 1 fully saturated rings. The molecule has 1 aromatic heterocycles. The normalized spacial score (nSPS) is 19.4. The molecule has 118 valence electrons. The lowest BCUT2D eigenvalue weighted by molar-refractivity contribution is 0.570. The van der Waals surface area contributed by atoms with E-state index in [9.17, 15) is 8.42 Å². The summed E-state index contributed by atoms with van der Waals surface area (Å²) in [5, 5.41) is 3.60. The lowest BCUT2D eigenvalue weighted by Crippen LogP contribution is -2.32. The monoisotopic (exact) mass is 329 g/mol. The van der Waals surface area contributed by atoms with Crippen molar-refractivity contribution in [3.63, 3.8) is 0 Å². The van der Waals surface area contributed by atoms with E-state index in [0.29, 0.717) is 17.5 Å². The van der Waals surface area contributed by atoms with Crippen LogP contribution in [0.2, 0.25) is 0 Å². The van der Waals surface area contributed by atoms with E-state index >= 15 is 0 Å². The maximum Gasteiger partial charge on any atom is 0.260 e. The number of nitrogens with one attached hydrogen (secondary N) is 2. The summed E-state index contributed by atoms with van der Waals surface area (Å²) >= 11 is 1.85. The summed E-state index contributed by atoms with van der Waals surface area (Å²) in [6, 6.07) is 3.50. The molecule has 1 saturated heterocycles. The number of pyridine rings is 1. The molecule has 0 amide bonds. The third kappa shape index (κ3) is 4.86. The first kappa shape index (κ1) is 16.6. The van der Waals surface area contributed by atoms with E-state index < -0.39 is 10.0 Å². The summed E-state index contributed by atoms with van der Waals surface area (Å²) in [5.74, 6) is 1.12. The van der Waals surface area contributed by atoms with Crippen molar-refractivity contribution in [2.45, 2.75) is 42.9 Å². The Labute approximate surface area is 131 Å². The van der Waals surface area contributed by atoms with Gasteiger partial charge in [-0.2, -0.15) is 11.8 Å². The molecule has 2 heterocycles. The molecule has 0 radical (unpaired) electrons. The first-order chi connectivity index (χ1) is 10.1. The van der Waals surface area contributed by atoms with Crippen LogP contribution < -0.4 is 10.0 Å². The molecule has 0 saturated carbocycles. The van der Waals surface area contributed by atoms with Crippen molar-refractivity contribution in [2.75, 3.05) is 24.2 Å². The van der Waals surface area contributed by atoms with Gasteiger partial charge in [-0.15, -0.1) is 0 Å². The van der Waals surface area contributed by atoms with Crippen LogP contribution in [-0.4, -0.2) is 37.5 Å². The van der Waals surface area contributed by atoms with Gasteiger partial charge in [-0.1, -0.05) is 13.3 Å². The van der Waals surface area contributed by atoms with Crippen LogP contribution in [0.25, 0.3) is 0 Å². The Morgan fingerprint density at radius 1 is 1.43 bits per heavy atom. The van der Waals surface area contributed by atoms with Gasteiger partial charge in [0, 0.05) is 24.5 Å². The summed E-state index contributed by atoms with van der Waals surface area (Å²) in [4.78, 5) is 4.05. The average molecular weight is 329 g/mol. The Hall–Kier alpha value is -0.790. The number of hydrogen-bond acceptors (Lipinski definition) is 5. The van der Waals surface area contributed by atoms with Gasteiger partial charge in [-0.25, -0.2) is 18.1 Å². The van der Waals surface area contributed by atoms with E-state index in [1.807, 2.05) is 18.7 Å². The SMILES string of the molecule is CCCNc1cccnc1S(=O)(=O)NCC1CCCCS1. The van der Waals surface area contributed by atoms with E-state index in [2.05, 4.69) is 15.0 Å². The maximum absolute atomic E-state index is 12.4. The zero-order valence-corrected chi connectivity index (χ0v) is 14.0. The highest BCUT2D eigenvalue weighted by Crippen LogP contribution is 2.25. The van der Waals surface area contributed by atoms with Crippen LogP contribution in [-0.2, 0) is 10.0 Å². The number of sulfonamides is 1. The quantitative estimate of drug-likeness (QED) is 0.804. The zero-order chi connectivity index (χ0) is 15.1.